The Bertz CT molecular complexity index is 578. The van der Waals surface area contributed by atoms with Gasteiger partial charge in [-0.3, -0.25) is 4.79 Å². The lowest BCUT2D eigenvalue weighted by Gasteiger charge is -2.25. The van der Waals surface area contributed by atoms with Crippen LogP contribution in [0.1, 0.15) is 37.7 Å². The van der Waals surface area contributed by atoms with E-state index in [1.165, 1.54) is 0 Å². The van der Waals surface area contributed by atoms with Gasteiger partial charge >= 0.3 is 5.97 Å². The summed E-state index contributed by atoms with van der Waals surface area (Å²) in [4.78, 5) is 23.7. The minimum Gasteiger partial charge on any atom is -0.497 e. The SMILES string of the molecule is COc1ccc(OC)c(CCC(=O)NC2(C(=O)O)CCCC2)c1. The highest BCUT2D eigenvalue weighted by molar-refractivity contribution is 5.87. The molecule has 0 heterocycles. The van der Waals surface area contributed by atoms with Gasteiger partial charge in [0.25, 0.3) is 0 Å². The van der Waals surface area contributed by atoms with E-state index in [-0.39, 0.29) is 12.3 Å². The number of hydrogen-bond donors (Lipinski definition) is 2. The predicted octanol–water partition coefficient (Wildman–Crippen LogP) is 2.15. The molecule has 1 aliphatic rings. The van der Waals surface area contributed by atoms with Crippen LogP contribution in [0.4, 0.5) is 0 Å². The second-order valence-corrected chi connectivity index (χ2v) is 5.82. The molecule has 1 fully saturated rings. The summed E-state index contributed by atoms with van der Waals surface area (Å²) in [6, 6.07) is 5.41. The molecule has 1 aromatic rings. The van der Waals surface area contributed by atoms with Gasteiger partial charge in [0, 0.05) is 6.42 Å². The second-order valence-electron chi connectivity index (χ2n) is 5.82. The van der Waals surface area contributed by atoms with Gasteiger partial charge in [-0.05, 0) is 43.0 Å². The highest BCUT2D eigenvalue weighted by Gasteiger charge is 2.42. The third-order valence-electron chi connectivity index (χ3n) is 4.35. The normalized spacial score (nSPS) is 15.9. The largest absolute Gasteiger partial charge is 0.497 e. The Balaban J connectivity index is 2.00. The second kappa shape index (κ2) is 7.35. The lowest BCUT2D eigenvalue weighted by molar-refractivity contribution is -0.147. The molecule has 126 valence electrons. The van der Waals surface area contributed by atoms with Gasteiger partial charge in [0.15, 0.2) is 0 Å². The Hall–Kier alpha value is -2.24. The zero-order valence-corrected chi connectivity index (χ0v) is 13.6. The molecule has 0 saturated heterocycles. The molecule has 0 bridgehead atoms. The van der Waals surface area contributed by atoms with E-state index in [9.17, 15) is 14.7 Å². The van der Waals surface area contributed by atoms with Crippen molar-refractivity contribution in [2.75, 3.05) is 14.2 Å². The first-order valence-corrected chi connectivity index (χ1v) is 7.76. The molecule has 23 heavy (non-hydrogen) atoms. The number of hydrogen-bond acceptors (Lipinski definition) is 4. The lowest BCUT2D eigenvalue weighted by atomic mass is 9.97. The van der Waals surface area contributed by atoms with Crippen molar-refractivity contribution in [2.24, 2.45) is 0 Å². The van der Waals surface area contributed by atoms with E-state index in [1.54, 1.807) is 26.4 Å². The number of amides is 1. The van der Waals surface area contributed by atoms with E-state index in [4.69, 9.17) is 9.47 Å². The number of aliphatic carboxylic acids is 1. The zero-order valence-electron chi connectivity index (χ0n) is 13.6. The lowest BCUT2D eigenvalue weighted by Crippen LogP contribution is -2.52. The number of carboxylic acids is 1. The van der Waals surface area contributed by atoms with Crippen molar-refractivity contribution in [3.8, 4) is 11.5 Å². The predicted molar refractivity (Wildman–Crippen MR) is 84.8 cm³/mol. The first kappa shape index (κ1) is 17.1. The van der Waals surface area contributed by atoms with Crippen molar-refractivity contribution in [3.05, 3.63) is 23.8 Å². The van der Waals surface area contributed by atoms with Crippen molar-refractivity contribution in [1.82, 2.24) is 5.32 Å². The highest BCUT2D eigenvalue weighted by Crippen LogP contribution is 2.30. The molecular weight excluding hydrogens is 298 g/mol. The molecule has 1 amide bonds. The number of aryl methyl sites for hydroxylation is 1. The van der Waals surface area contributed by atoms with Crippen LogP contribution in [0, 0.1) is 0 Å². The summed E-state index contributed by atoms with van der Waals surface area (Å²) in [5.74, 6) is 0.188. The van der Waals surface area contributed by atoms with E-state index in [0.29, 0.717) is 30.8 Å². The molecule has 0 radical (unpaired) electrons. The molecule has 0 unspecified atom stereocenters. The molecule has 0 aromatic heterocycles. The van der Waals surface area contributed by atoms with Crippen LogP contribution >= 0.6 is 0 Å². The molecule has 0 spiro atoms. The first-order valence-electron chi connectivity index (χ1n) is 7.76. The van der Waals surface area contributed by atoms with E-state index in [1.807, 2.05) is 6.07 Å². The smallest absolute Gasteiger partial charge is 0.329 e. The molecule has 2 N–H and O–H groups in total. The summed E-state index contributed by atoms with van der Waals surface area (Å²) in [5, 5.41) is 12.1. The van der Waals surface area contributed by atoms with Gasteiger partial charge in [-0.2, -0.15) is 0 Å². The Labute approximate surface area is 135 Å². The summed E-state index contributed by atoms with van der Waals surface area (Å²) >= 11 is 0. The molecule has 1 saturated carbocycles. The number of ether oxygens (including phenoxy) is 2. The maximum atomic E-state index is 12.2. The summed E-state index contributed by atoms with van der Waals surface area (Å²) in [5.41, 5.74) is -0.229. The maximum Gasteiger partial charge on any atom is 0.329 e. The third-order valence-corrected chi connectivity index (χ3v) is 4.35. The topological polar surface area (TPSA) is 84.9 Å². The fourth-order valence-electron chi connectivity index (χ4n) is 3.03. The summed E-state index contributed by atoms with van der Waals surface area (Å²) in [7, 11) is 3.15. The Kier molecular flexibility index (Phi) is 5.47. The third kappa shape index (κ3) is 3.94. The number of methoxy groups -OCH3 is 2. The molecule has 0 atom stereocenters. The van der Waals surface area contributed by atoms with Crippen molar-refractivity contribution >= 4 is 11.9 Å². The van der Waals surface area contributed by atoms with Crippen LogP contribution in [0.5, 0.6) is 11.5 Å². The Morgan fingerprint density at radius 1 is 1.22 bits per heavy atom. The number of carboxylic acid groups (broad SMARTS) is 1. The van der Waals surface area contributed by atoms with Gasteiger partial charge in [0.05, 0.1) is 14.2 Å². The standard InChI is InChI=1S/C17H23NO5/c1-22-13-6-7-14(23-2)12(11-13)5-8-15(19)18-17(16(20)21)9-3-4-10-17/h6-7,11H,3-5,8-10H2,1-2H3,(H,18,19)(H,20,21). The molecular formula is C17H23NO5. The van der Waals surface area contributed by atoms with Gasteiger partial charge < -0.3 is 19.9 Å². The van der Waals surface area contributed by atoms with Gasteiger partial charge in [-0.1, -0.05) is 12.8 Å². The number of rotatable bonds is 7. The molecule has 6 nitrogen and oxygen atoms in total. The van der Waals surface area contributed by atoms with Gasteiger partial charge in [-0.15, -0.1) is 0 Å². The summed E-state index contributed by atoms with van der Waals surface area (Å²) in [6.07, 6.45) is 3.32. The van der Waals surface area contributed by atoms with Crippen LogP contribution in [-0.4, -0.2) is 36.7 Å². The maximum absolute atomic E-state index is 12.2. The van der Waals surface area contributed by atoms with Gasteiger partial charge in [-0.25, -0.2) is 4.79 Å². The molecule has 1 aromatic carbocycles. The minimum absolute atomic E-state index is 0.207. The van der Waals surface area contributed by atoms with E-state index < -0.39 is 11.5 Å². The monoisotopic (exact) mass is 321 g/mol. The van der Waals surface area contributed by atoms with Gasteiger partial charge in [0.1, 0.15) is 17.0 Å². The van der Waals surface area contributed by atoms with Crippen molar-refractivity contribution in [2.45, 2.75) is 44.1 Å². The van der Waals surface area contributed by atoms with Crippen LogP contribution in [-0.2, 0) is 16.0 Å². The number of benzene rings is 1. The fraction of sp³-hybridized carbons (Fsp3) is 0.529. The summed E-state index contributed by atoms with van der Waals surface area (Å²) < 4.78 is 10.5. The van der Waals surface area contributed by atoms with Crippen LogP contribution in [0.2, 0.25) is 0 Å². The van der Waals surface area contributed by atoms with Crippen molar-refractivity contribution < 1.29 is 24.2 Å². The van der Waals surface area contributed by atoms with Gasteiger partial charge in [0.2, 0.25) is 5.91 Å². The van der Waals surface area contributed by atoms with Crippen LogP contribution in [0.3, 0.4) is 0 Å². The van der Waals surface area contributed by atoms with Crippen molar-refractivity contribution in [1.29, 1.82) is 0 Å². The average Bonchev–Trinajstić information content (AvgIpc) is 3.02. The quantitative estimate of drug-likeness (QED) is 0.804. The first-order chi connectivity index (χ1) is 11.0. The summed E-state index contributed by atoms with van der Waals surface area (Å²) in [6.45, 7) is 0. The van der Waals surface area contributed by atoms with E-state index in [2.05, 4.69) is 5.32 Å². The van der Waals surface area contributed by atoms with E-state index in [0.717, 1.165) is 18.4 Å². The molecule has 0 aliphatic heterocycles. The molecule has 6 heteroatoms. The van der Waals surface area contributed by atoms with Crippen LogP contribution < -0.4 is 14.8 Å². The number of nitrogens with one attached hydrogen (secondary N) is 1. The zero-order chi connectivity index (χ0) is 16.9. The van der Waals surface area contributed by atoms with Crippen LogP contribution in [0.15, 0.2) is 18.2 Å². The number of carbonyl (C=O) groups is 2. The van der Waals surface area contributed by atoms with Crippen LogP contribution in [0.25, 0.3) is 0 Å². The molecule has 1 aliphatic carbocycles. The average molecular weight is 321 g/mol. The highest BCUT2D eigenvalue weighted by atomic mass is 16.5. The fourth-order valence-corrected chi connectivity index (χ4v) is 3.03. The Morgan fingerprint density at radius 2 is 1.91 bits per heavy atom. The Morgan fingerprint density at radius 3 is 2.48 bits per heavy atom. The number of carbonyl (C=O) groups excluding carboxylic acids is 1. The van der Waals surface area contributed by atoms with Crippen molar-refractivity contribution in [3.63, 3.8) is 0 Å². The van der Waals surface area contributed by atoms with E-state index >= 15 is 0 Å². The minimum atomic E-state index is -1.09. The molecule has 2 rings (SSSR count).